The Labute approximate surface area is 75.9 Å². The third kappa shape index (κ3) is 6.62. The highest BCUT2D eigenvalue weighted by Crippen LogP contribution is 2.14. The molecule has 74 valence electrons. The summed E-state index contributed by atoms with van der Waals surface area (Å²) in [7, 11) is 0. The first-order valence-corrected chi connectivity index (χ1v) is 4.89. The van der Waals surface area contributed by atoms with Gasteiger partial charge in [-0.25, -0.2) is 0 Å². The van der Waals surface area contributed by atoms with Crippen LogP contribution < -0.4 is 0 Å². The van der Waals surface area contributed by atoms with Gasteiger partial charge in [-0.05, 0) is 18.3 Å². The third-order valence-electron chi connectivity index (χ3n) is 2.34. The van der Waals surface area contributed by atoms with Crippen molar-refractivity contribution >= 4 is 0 Å². The van der Waals surface area contributed by atoms with Gasteiger partial charge in [-0.2, -0.15) is 0 Å². The van der Waals surface area contributed by atoms with Crippen LogP contribution in [0.1, 0.15) is 40.0 Å². The van der Waals surface area contributed by atoms with E-state index in [1.807, 2.05) is 0 Å². The normalized spacial score (nSPS) is 16.0. The fraction of sp³-hybridized carbons (Fsp3) is 1.00. The molecule has 0 aromatic rings. The standard InChI is InChI=1S/C10H22O2/c1-4-9(2)5-6-10(3)7-12-8-11/h9-11H,4-8H2,1-3H3. The zero-order valence-corrected chi connectivity index (χ0v) is 8.55. The zero-order valence-electron chi connectivity index (χ0n) is 8.55. The van der Waals surface area contributed by atoms with Gasteiger partial charge in [0.2, 0.25) is 0 Å². The highest BCUT2D eigenvalue weighted by atomic mass is 16.6. The van der Waals surface area contributed by atoms with Crippen molar-refractivity contribution in [2.24, 2.45) is 11.8 Å². The molecule has 2 atom stereocenters. The van der Waals surface area contributed by atoms with Gasteiger partial charge < -0.3 is 9.84 Å². The summed E-state index contributed by atoms with van der Waals surface area (Å²) >= 11 is 0. The van der Waals surface area contributed by atoms with Crippen LogP contribution >= 0.6 is 0 Å². The van der Waals surface area contributed by atoms with Crippen molar-refractivity contribution in [3.05, 3.63) is 0 Å². The molecule has 0 fully saturated rings. The number of hydrogen-bond acceptors (Lipinski definition) is 2. The minimum absolute atomic E-state index is 0.145. The molecule has 0 aliphatic rings. The predicted molar refractivity (Wildman–Crippen MR) is 50.9 cm³/mol. The van der Waals surface area contributed by atoms with Crippen molar-refractivity contribution in [3.63, 3.8) is 0 Å². The van der Waals surface area contributed by atoms with Crippen LogP contribution in [0, 0.1) is 11.8 Å². The Bertz CT molecular complexity index is 93.8. The van der Waals surface area contributed by atoms with Crippen LogP contribution in [0.25, 0.3) is 0 Å². The molecule has 0 aliphatic carbocycles. The number of aliphatic hydroxyl groups is 1. The Kier molecular flexibility index (Phi) is 7.51. The fourth-order valence-electron chi connectivity index (χ4n) is 1.11. The molecule has 0 aromatic heterocycles. The summed E-state index contributed by atoms with van der Waals surface area (Å²) in [6.07, 6.45) is 3.73. The second kappa shape index (κ2) is 7.56. The molecule has 0 bridgehead atoms. The molecule has 12 heavy (non-hydrogen) atoms. The second-order valence-electron chi connectivity index (χ2n) is 3.70. The first-order valence-electron chi connectivity index (χ1n) is 4.89. The van der Waals surface area contributed by atoms with Gasteiger partial charge >= 0.3 is 0 Å². The molecule has 2 heteroatoms. The van der Waals surface area contributed by atoms with Crippen LogP contribution in [0.3, 0.4) is 0 Å². The zero-order chi connectivity index (χ0) is 9.40. The molecule has 0 rings (SSSR count). The van der Waals surface area contributed by atoms with Crippen molar-refractivity contribution in [2.75, 3.05) is 13.4 Å². The van der Waals surface area contributed by atoms with Crippen LogP contribution in [-0.2, 0) is 4.74 Å². The molecule has 1 N–H and O–H groups in total. The maximum atomic E-state index is 8.42. The van der Waals surface area contributed by atoms with Gasteiger partial charge in [0, 0.05) is 0 Å². The largest absolute Gasteiger partial charge is 0.371 e. The molecule has 2 nitrogen and oxygen atoms in total. The second-order valence-corrected chi connectivity index (χ2v) is 3.70. The van der Waals surface area contributed by atoms with E-state index in [-0.39, 0.29) is 6.79 Å². The molecule has 2 unspecified atom stereocenters. The van der Waals surface area contributed by atoms with Crippen LogP contribution in [0.15, 0.2) is 0 Å². The Balaban J connectivity index is 3.24. The lowest BCUT2D eigenvalue weighted by Gasteiger charge is -2.13. The van der Waals surface area contributed by atoms with Crippen LogP contribution in [0.4, 0.5) is 0 Å². The van der Waals surface area contributed by atoms with E-state index in [0.717, 1.165) is 5.92 Å². The van der Waals surface area contributed by atoms with Gasteiger partial charge in [0.15, 0.2) is 0 Å². The van der Waals surface area contributed by atoms with Gasteiger partial charge in [-0.15, -0.1) is 0 Å². The molecular weight excluding hydrogens is 152 g/mol. The van der Waals surface area contributed by atoms with Crippen LogP contribution in [0.5, 0.6) is 0 Å². The van der Waals surface area contributed by atoms with Gasteiger partial charge in [0.1, 0.15) is 6.79 Å². The smallest absolute Gasteiger partial charge is 0.143 e. The summed E-state index contributed by atoms with van der Waals surface area (Å²) in [5, 5.41) is 8.42. The SMILES string of the molecule is CCC(C)CCC(C)COCO. The summed E-state index contributed by atoms with van der Waals surface area (Å²) in [4.78, 5) is 0. The Morgan fingerprint density at radius 3 is 2.25 bits per heavy atom. The minimum atomic E-state index is -0.145. The maximum Gasteiger partial charge on any atom is 0.143 e. The summed E-state index contributed by atoms with van der Waals surface area (Å²) in [6.45, 7) is 7.21. The molecule has 0 radical (unpaired) electrons. The van der Waals surface area contributed by atoms with Crippen molar-refractivity contribution in [3.8, 4) is 0 Å². The summed E-state index contributed by atoms with van der Waals surface area (Å²) < 4.78 is 4.92. The molecule has 0 saturated carbocycles. The first-order chi connectivity index (χ1) is 5.70. The molecule has 0 aromatic carbocycles. The van der Waals surface area contributed by atoms with E-state index in [1.165, 1.54) is 19.3 Å². The third-order valence-corrected chi connectivity index (χ3v) is 2.34. The lowest BCUT2D eigenvalue weighted by molar-refractivity contribution is -0.0167. The Morgan fingerprint density at radius 1 is 1.17 bits per heavy atom. The number of hydrogen-bond donors (Lipinski definition) is 1. The van der Waals surface area contributed by atoms with Crippen molar-refractivity contribution in [1.29, 1.82) is 0 Å². The molecule has 0 aliphatic heterocycles. The minimum Gasteiger partial charge on any atom is -0.371 e. The van der Waals surface area contributed by atoms with E-state index in [4.69, 9.17) is 9.84 Å². The fourth-order valence-corrected chi connectivity index (χ4v) is 1.11. The molecular formula is C10H22O2. The lowest BCUT2D eigenvalue weighted by atomic mass is 9.97. The van der Waals surface area contributed by atoms with E-state index in [9.17, 15) is 0 Å². The summed E-state index contributed by atoms with van der Waals surface area (Å²) in [6, 6.07) is 0. The quantitative estimate of drug-likeness (QED) is 0.601. The highest BCUT2D eigenvalue weighted by molar-refractivity contribution is 4.55. The summed E-state index contributed by atoms with van der Waals surface area (Å²) in [5.74, 6) is 1.40. The summed E-state index contributed by atoms with van der Waals surface area (Å²) in [5.41, 5.74) is 0. The number of rotatable bonds is 7. The van der Waals surface area contributed by atoms with E-state index in [1.54, 1.807) is 0 Å². The Hall–Kier alpha value is -0.0800. The average molecular weight is 174 g/mol. The average Bonchev–Trinajstić information content (AvgIpc) is 2.10. The van der Waals surface area contributed by atoms with Gasteiger partial charge in [-0.1, -0.05) is 33.6 Å². The van der Waals surface area contributed by atoms with Gasteiger partial charge in [0.05, 0.1) is 6.61 Å². The van der Waals surface area contributed by atoms with Crippen LogP contribution in [-0.4, -0.2) is 18.5 Å². The number of aliphatic hydroxyl groups excluding tert-OH is 1. The number of ether oxygens (including phenoxy) is 1. The van der Waals surface area contributed by atoms with E-state index in [0.29, 0.717) is 12.5 Å². The molecule has 0 heterocycles. The highest BCUT2D eigenvalue weighted by Gasteiger charge is 2.04. The lowest BCUT2D eigenvalue weighted by Crippen LogP contribution is -2.08. The first kappa shape index (κ1) is 11.9. The van der Waals surface area contributed by atoms with E-state index < -0.39 is 0 Å². The predicted octanol–water partition coefficient (Wildman–Crippen LogP) is 2.42. The molecule has 0 amide bonds. The van der Waals surface area contributed by atoms with E-state index >= 15 is 0 Å². The van der Waals surface area contributed by atoms with Gasteiger partial charge in [0.25, 0.3) is 0 Å². The van der Waals surface area contributed by atoms with E-state index in [2.05, 4.69) is 20.8 Å². The Morgan fingerprint density at radius 2 is 1.75 bits per heavy atom. The maximum absolute atomic E-state index is 8.42. The molecule has 0 spiro atoms. The van der Waals surface area contributed by atoms with Crippen molar-refractivity contribution < 1.29 is 9.84 Å². The monoisotopic (exact) mass is 174 g/mol. The molecule has 0 saturated heterocycles. The van der Waals surface area contributed by atoms with Crippen LogP contribution in [0.2, 0.25) is 0 Å². The van der Waals surface area contributed by atoms with Gasteiger partial charge in [-0.3, -0.25) is 0 Å². The topological polar surface area (TPSA) is 29.5 Å². The van der Waals surface area contributed by atoms with Crippen molar-refractivity contribution in [1.82, 2.24) is 0 Å². The van der Waals surface area contributed by atoms with Crippen molar-refractivity contribution in [2.45, 2.75) is 40.0 Å².